The van der Waals surface area contributed by atoms with E-state index >= 15 is 0 Å². The van der Waals surface area contributed by atoms with Crippen LogP contribution in [0, 0.1) is 6.92 Å². The number of rotatable bonds is 6. The summed E-state index contributed by atoms with van der Waals surface area (Å²) in [6.07, 6.45) is 5.69. The molecule has 0 aliphatic heterocycles. The Labute approximate surface area is 202 Å². The van der Waals surface area contributed by atoms with E-state index in [0.717, 1.165) is 42.5 Å². The molecule has 4 rings (SSSR count). The Morgan fingerprint density at radius 1 is 1.06 bits per heavy atom. The van der Waals surface area contributed by atoms with Crippen molar-refractivity contribution in [3.63, 3.8) is 0 Å². The molecule has 10 heteroatoms. The largest absolute Gasteiger partial charge is 0.365 e. The minimum absolute atomic E-state index is 0.0683. The van der Waals surface area contributed by atoms with Gasteiger partial charge in [0.15, 0.2) is 0 Å². The lowest BCUT2D eigenvalue weighted by Crippen LogP contribution is -2.43. The zero-order chi connectivity index (χ0) is 24.5. The molecule has 1 heterocycles. The number of carbonyl (C=O) groups excluding carboxylic acids is 1. The quantitative estimate of drug-likeness (QED) is 0.419. The summed E-state index contributed by atoms with van der Waals surface area (Å²) in [5.74, 6) is 0.226. The highest BCUT2D eigenvalue weighted by atomic mass is 32.1. The van der Waals surface area contributed by atoms with Gasteiger partial charge in [0.25, 0.3) is 5.91 Å². The van der Waals surface area contributed by atoms with E-state index in [-0.39, 0.29) is 17.6 Å². The van der Waals surface area contributed by atoms with Crippen LogP contribution in [0.2, 0.25) is 0 Å². The minimum Gasteiger partial charge on any atom is -0.365 e. The third-order valence-electron chi connectivity index (χ3n) is 5.69. The average Bonchev–Trinajstić information content (AvgIpc) is 2.82. The van der Waals surface area contributed by atoms with Gasteiger partial charge in [-0.25, -0.2) is 4.98 Å². The second-order valence-electron chi connectivity index (χ2n) is 8.16. The van der Waals surface area contributed by atoms with Gasteiger partial charge in [0.2, 0.25) is 5.95 Å². The number of aryl methyl sites for hydroxylation is 1. The molecule has 1 aliphatic rings. The van der Waals surface area contributed by atoms with Crippen molar-refractivity contribution in [2.45, 2.75) is 44.7 Å². The van der Waals surface area contributed by atoms with Crippen molar-refractivity contribution in [2.24, 2.45) is 11.5 Å². The number of nitrogens with zero attached hydrogens (tertiary/aromatic N) is 2. The van der Waals surface area contributed by atoms with Gasteiger partial charge in [-0.05, 0) is 43.0 Å². The van der Waals surface area contributed by atoms with E-state index in [4.69, 9.17) is 19.9 Å². The number of amides is 1. The van der Waals surface area contributed by atoms with Gasteiger partial charge in [0, 0.05) is 24.0 Å². The lowest BCUT2D eigenvalue weighted by Gasteiger charge is -2.29. The van der Waals surface area contributed by atoms with E-state index in [2.05, 4.69) is 45.7 Å². The molecule has 2 aromatic carbocycles. The van der Waals surface area contributed by atoms with Gasteiger partial charge in [-0.2, -0.15) is 13.4 Å². The molecule has 2 atom stereocenters. The molecule has 0 spiro atoms. The molecule has 178 valence electrons. The van der Waals surface area contributed by atoms with Crippen LogP contribution >= 0.6 is 0 Å². The summed E-state index contributed by atoms with van der Waals surface area (Å²) in [6.45, 7) is 2.08. The molecule has 6 N–H and O–H groups in total. The smallest absolute Gasteiger partial charge is 0.335 e. The first-order valence-electron chi connectivity index (χ1n) is 11.0. The molecule has 1 amide bonds. The summed E-state index contributed by atoms with van der Waals surface area (Å²) in [6, 6.07) is 16.5. The fourth-order valence-electron chi connectivity index (χ4n) is 3.94. The lowest BCUT2D eigenvalue weighted by molar-refractivity contribution is 0.100. The lowest BCUT2D eigenvalue weighted by atomic mass is 9.91. The van der Waals surface area contributed by atoms with Crippen molar-refractivity contribution in [3.05, 3.63) is 65.9 Å². The third-order valence-corrected chi connectivity index (χ3v) is 5.69. The van der Waals surface area contributed by atoms with Crippen molar-refractivity contribution in [1.82, 2.24) is 9.97 Å². The topological polar surface area (TPSA) is 153 Å². The van der Waals surface area contributed by atoms with Crippen LogP contribution in [0.5, 0.6) is 0 Å². The summed E-state index contributed by atoms with van der Waals surface area (Å²) in [5, 5.41) is 6.53. The normalized spacial score (nSPS) is 17.1. The number of hydrogen-bond acceptors (Lipinski definition) is 8. The molecule has 0 bridgehead atoms. The Hall–Kier alpha value is -3.63. The van der Waals surface area contributed by atoms with Crippen LogP contribution < -0.4 is 22.1 Å². The summed E-state index contributed by atoms with van der Waals surface area (Å²) < 4.78 is 16.6. The number of carbonyl (C=O) groups is 1. The number of primary amides is 1. The van der Waals surface area contributed by atoms with Crippen molar-refractivity contribution in [2.75, 3.05) is 10.6 Å². The number of nitrogens with one attached hydrogen (secondary N) is 2. The molecule has 1 aromatic heterocycles. The maximum atomic E-state index is 11.9. The van der Waals surface area contributed by atoms with E-state index in [0.29, 0.717) is 11.8 Å². The van der Waals surface area contributed by atoms with Crippen LogP contribution in [-0.2, 0) is 11.6 Å². The highest BCUT2D eigenvalue weighted by Crippen LogP contribution is 2.26. The first-order valence-corrected chi connectivity index (χ1v) is 11.6. The molecule has 0 unspecified atom stereocenters. The molecule has 0 radical (unpaired) electrons. The molecule has 0 saturated heterocycles. The predicted molar refractivity (Wildman–Crippen MR) is 133 cm³/mol. The third kappa shape index (κ3) is 6.69. The van der Waals surface area contributed by atoms with Crippen molar-refractivity contribution >= 4 is 34.9 Å². The van der Waals surface area contributed by atoms with Crippen LogP contribution in [0.4, 0.5) is 17.5 Å². The molecular weight excluding hydrogens is 452 g/mol. The Kier molecular flexibility index (Phi) is 8.83. The number of anilines is 3. The van der Waals surface area contributed by atoms with Gasteiger partial charge in [-0.3, -0.25) is 4.79 Å². The fraction of sp³-hybridized carbons (Fsp3) is 0.292. The SMILES string of the molecule is Cc1cccc(-c2ccc(Nc3nc(N[C@@H]4CCCC[C@@H]4N)ncc3C(N)=O)cc2)c1.O=S=O. The Morgan fingerprint density at radius 2 is 1.76 bits per heavy atom. The Morgan fingerprint density at radius 3 is 2.41 bits per heavy atom. The first kappa shape index (κ1) is 25.0. The first-order chi connectivity index (χ1) is 16.4. The van der Waals surface area contributed by atoms with Crippen LogP contribution in [0.3, 0.4) is 0 Å². The molecule has 1 aliphatic carbocycles. The summed E-state index contributed by atoms with van der Waals surface area (Å²) in [7, 11) is 0. The van der Waals surface area contributed by atoms with E-state index in [1.54, 1.807) is 0 Å². The van der Waals surface area contributed by atoms with Crippen LogP contribution in [0.1, 0.15) is 41.6 Å². The van der Waals surface area contributed by atoms with Crippen molar-refractivity contribution < 1.29 is 13.2 Å². The number of hydrogen-bond donors (Lipinski definition) is 4. The van der Waals surface area contributed by atoms with Gasteiger partial charge in [-0.1, -0.05) is 54.8 Å². The molecule has 3 aromatic rings. The zero-order valence-electron chi connectivity index (χ0n) is 18.9. The Bertz CT molecular complexity index is 1170. The molecular formula is C24H28N6O3S. The van der Waals surface area contributed by atoms with E-state index < -0.39 is 17.5 Å². The highest BCUT2D eigenvalue weighted by Gasteiger charge is 2.23. The molecule has 9 nitrogen and oxygen atoms in total. The van der Waals surface area contributed by atoms with Gasteiger partial charge in [0.05, 0.1) is 0 Å². The molecule has 1 fully saturated rings. The van der Waals surface area contributed by atoms with E-state index in [1.165, 1.54) is 11.8 Å². The van der Waals surface area contributed by atoms with E-state index in [9.17, 15) is 4.79 Å². The standard InChI is InChI=1S/C24H28N6O.O2S/c1-15-5-4-6-17(13-15)16-9-11-18(12-10-16)28-23-19(22(26)31)14-27-24(30-23)29-21-8-3-2-7-20(21)25;1-3-2/h4-6,9-14,20-21H,2-3,7-8,25H2,1H3,(H2,26,31)(H2,27,28,29,30);/t20-,21+;/m0./s1. The van der Waals surface area contributed by atoms with Gasteiger partial charge < -0.3 is 22.1 Å². The zero-order valence-corrected chi connectivity index (χ0v) is 19.7. The van der Waals surface area contributed by atoms with Gasteiger partial charge >= 0.3 is 11.6 Å². The second-order valence-corrected chi connectivity index (χ2v) is 8.30. The number of nitrogens with two attached hydrogens (primary N) is 2. The highest BCUT2D eigenvalue weighted by molar-refractivity contribution is 7.51. The van der Waals surface area contributed by atoms with Crippen LogP contribution in [0.25, 0.3) is 11.1 Å². The van der Waals surface area contributed by atoms with Crippen molar-refractivity contribution in [1.29, 1.82) is 0 Å². The average molecular weight is 481 g/mol. The van der Waals surface area contributed by atoms with Gasteiger partial charge in [0.1, 0.15) is 11.4 Å². The maximum absolute atomic E-state index is 11.9. The monoisotopic (exact) mass is 480 g/mol. The predicted octanol–water partition coefficient (Wildman–Crippen LogP) is 3.31. The molecule has 1 saturated carbocycles. The summed E-state index contributed by atoms with van der Waals surface area (Å²) >= 11 is -0.750. The summed E-state index contributed by atoms with van der Waals surface area (Å²) in [5.41, 5.74) is 16.3. The fourth-order valence-corrected chi connectivity index (χ4v) is 3.94. The van der Waals surface area contributed by atoms with Crippen LogP contribution in [0.15, 0.2) is 54.7 Å². The minimum atomic E-state index is -0.750. The van der Waals surface area contributed by atoms with Crippen LogP contribution in [-0.4, -0.2) is 36.4 Å². The second kappa shape index (κ2) is 12.0. The van der Waals surface area contributed by atoms with Crippen molar-refractivity contribution in [3.8, 4) is 11.1 Å². The molecule has 34 heavy (non-hydrogen) atoms. The maximum Gasteiger partial charge on any atom is 0.335 e. The summed E-state index contributed by atoms with van der Waals surface area (Å²) in [4.78, 5) is 20.7. The van der Waals surface area contributed by atoms with E-state index in [1.807, 2.05) is 30.3 Å². The van der Waals surface area contributed by atoms with Gasteiger partial charge in [-0.15, -0.1) is 0 Å². The number of benzene rings is 2. The number of aromatic nitrogens is 2. The Balaban J connectivity index is 0.00000103.